The van der Waals surface area contributed by atoms with Gasteiger partial charge in [0.2, 0.25) is 0 Å². The van der Waals surface area contributed by atoms with Gasteiger partial charge in [0.05, 0.1) is 0 Å². The van der Waals surface area contributed by atoms with Crippen molar-refractivity contribution in [1.29, 1.82) is 0 Å². The smallest absolute Gasteiger partial charge is 0.330 e. The van der Waals surface area contributed by atoms with E-state index in [2.05, 4.69) is 41.5 Å². The van der Waals surface area contributed by atoms with Crippen LogP contribution >= 0.6 is 0 Å². The molecule has 7 atom stereocenters. The number of hydrogen-bond donors (Lipinski definition) is 1. The second-order valence-corrected chi connectivity index (χ2v) is 13.9. The number of fused-ring (bicyclic) bond motifs is 4. The van der Waals surface area contributed by atoms with Crippen LogP contribution in [0.15, 0.2) is 22.8 Å². The number of hydrogen-bond acceptors (Lipinski definition) is 4. The molecule has 0 aromatic heterocycles. The van der Waals surface area contributed by atoms with Gasteiger partial charge >= 0.3 is 11.9 Å². The molecule has 5 nitrogen and oxygen atoms in total. The lowest BCUT2D eigenvalue weighted by Gasteiger charge is -2.61. The van der Waals surface area contributed by atoms with E-state index < -0.39 is 5.97 Å². The Labute approximate surface area is 223 Å². The molecule has 0 saturated heterocycles. The Morgan fingerprint density at radius 2 is 1.73 bits per heavy atom. The Bertz CT molecular complexity index is 1050. The summed E-state index contributed by atoms with van der Waals surface area (Å²) in [5, 5.41) is 9.23. The van der Waals surface area contributed by atoms with Crippen LogP contribution in [0.4, 0.5) is 0 Å². The summed E-state index contributed by atoms with van der Waals surface area (Å²) >= 11 is 0. The van der Waals surface area contributed by atoms with Crippen LogP contribution in [0.25, 0.3) is 0 Å². The van der Waals surface area contributed by atoms with Crippen molar-refractivity contribution in [2.75, 3.05) is 0 Å². The van der Waals surface area contributed by atoms with Crippen molar-refractivity contribution >= 4 is 17.7 Å². The number of rotatable bonds is 6. The highest BCUT2D eigenvalue weighted by atomic mass is 16.5. The van der Waals surface area contributed by atoms with Gasteiger partial charge in [-0.25, -0.2) is 4.79 Å². The standard InChI is InChI=1S/C32H48O5/c1-19(10-9-11-20(2)28(35)36)24-18-27(37-21(3)33)32(8)23-12-13-25-29(4,5)26(34)15-16-30(25,6)22(23)14-17-31(24,32)7/h11,19,24-25,27H,9-10,12-18H2,1-8H3,(H,35,36). The molecule has 1 N–H and O–H groups in total. The van der Waals surface area contributed by atoms with E-state index in [1.165, 1.54) is 12.5 Å². The van der Waals surface area contributed by atoms with Crippen molar-refractivity contribution < 1.29 is 24.2 Å². The SMILES string of the molecule is CC(=O)OC1CC(C(C)CCC=C(C)C(=O)O)C2(C)CCC3=C(CCC4C(C)(C)C(=O)CCC34C)C12C. The Kier molecular flexibility index (Phi) is 7.12. The molecule has 0 radical (unpaired) electrons. The van der Waals surface area contributed by atoms with E-state index in [9.17, 15) is 19.5 Å². The van der Waals surface area contributed by atoms with Crippen molar-refractivity contribution in [2.45, 2.75) is 119 Å². The van der Waals surface area contributed by atoms with Crippen molar-refractivity contribution in [1.82, 2.24) is 0 Å². The lowest BCUT2D eigenvalue weighted by molar-refractivity contribution is -0.154. The lowest BCUT2D eigenvalue weighted by Crippen LogP contribution is -2.55. The first-order valence-corrected chi connectivity index (χ1v) is 14.4. The van der Waals surface area contributed by atoms with Crippen molar-refractivity contribution in [3.8, 4) is 0 Å². The summed E-state index contributed by atoms with van der Waals surface area (Å²) in [6, 6.07) is 0. The molecule has 7 unspecified atom stereocenters. The molecule has 2 fully saturated rings. The number of Topliss-reactive ketones (excluding diaryl/α,β-unsaturated/α-hetero) is 1. The van der Waals surface area contributed by atoms with Crippen molar-refractivity contribution in [2.24, 2.45) is 39.4 Å². The van der Waals surface area contributed by atoms with Crippen LogP contribution in [0.5, 0.6) is 0 Å². The molecule has 0 heterocycles. The largest absolute Gasteiger partial charge is 0.478 e. The highest BCUT2D eigenvalue weighted by Crippen LogP contribution is 2.72. The first-order valence-electron chi connectivity index (χ1n) is 14.4. The second kappa shape index (κ2) is 9.38. The van der Waals surface area contributed by atoms with Gasteiger partial charge in [0.25, 0.3) is 0 Å². The second-order valence-electron chi connectivity index (χ2n) is 13.9. The summed E-state index contributed by atoms with van der Waals surface area (Å²) in [6.07, 6.45) is 9.94. The highest BCUT2D eigenvalue weighted by molar-refractivity contribution is 5.86. The average molecular weight is 513 g/mol. The van der Waals surface area contributed by atoms with E-state index in [0.717, 1.165) is 51.4 Å². The Balaban J connectivity index is 1.73. The normalized spacial score (nSPS) is 39.9. The van der Waals surface area contributed by atoms with Gasteiger partial charge in [-0.15, -0.1) is 0 Å². The molecule has 2 saturated carbocycles. The summed E-state index contributed by atoms with van der Waals surface area (Å²) < 4.78 is 6.16. The van der Waals surface area contributed by atoms with Crippen LogP contribution in [0.2, 0.25) is 0 Å². The number of esters is 1. The van der Waals surface area contributed by atoms with Gasteiger partial charge in [-0.05, 0) is 86.9 Å². The van der Waals surface area contributed by atoms with Gasteiger partial charge in [0.1, 0.15) is 11.9 Å². The average Bonchev–Trinajstić information content (AvgIpc) is 3.03. The van der Waals surface area contributed by atoms with Gasteiger partial charge in [0, 0.05) is 29.7 Å². The molecular formula is C32H48O5. The van der Waals surface area contributed by atoms with Gasteiger partial charge in [-0.3, -0.25) is 9.59 Å². The van der Waals surface area contributed by atoms with E-state index in [1.807, 2.05) is 6.08 Å². The van der Waals surface area contributed by atoms with Crippen molar-refractivity contribution in [3.63, 3.8) is 0 Å². The number of allylic oxidation sites excluding steroid dienone is 2. The number of carboxylic acids is 1. The van der Waals surface area contributed by atoms with E-state index in [4.69, 9.17) is 4.74 Å². The zero-order valence-electron chi connectivity index (χ0n) is 24.3. The number of carbonyl (C=O) groups is 3. The van der Waals surface area contributed by atoms with Crippen LogP contribution < -0.4 is 0 Å². The molecule has 206 valence electrons. The highest BCUT2D eigenvalue weighted by Gasteiger charge is 2.67. The number of carbonyl (C=O) groups excluding carboxylic acids is 2. The summed E-state index contributed by atoms with van der Waals surface area (Å²) in [6.45, 7) is 17.0. The van der Waals surface area contributed by atoms with E-state index in [-0.39, 0.29) is 33.7 Å². The molecule has 4 aliphatic rings. The van der Waals surface area contributed by atoms with Crippen LogP contribution in [-0.4, -0.2) is 28.9 Å². The number of ether oxygens (including phenoxy) is 1. The van der Waals surface area contributed by atoms with Crippen molar-refractivity contribution in [3.05, 3.63) is 22.8 Å². The van der Waals surface area contributed by atoms with Gasteiger partial charge in [0.15, 0.2) is 0 Å². The minimum absolute atomic E-state index is 0.000123. The molecule has 4 aliphatic carbocycles. The maximum Gasteiger partial charge on any atom is 0.330 e. The number of ketones is 1. The third kappa shape index (κ3) is 4.14. The first kappa shape index (κ1) is 28.1. The predicted molar refractivity (Wildman–Crippen MR) is 145 cm³/mol. The number of aliphatic carboxylic acids is 1. The first-order chi connectivity index (χ1) is 17.1. The Hall–Kier alpha value is -1.91. The van der Waals surface area contributed by atoms with Crippen LogP contribution in [0.3, 0.4) is 0 Å². The summed E-state index contributed by atoms with van der Waals surface area (Å²) in [7, 11) is 0. The van der Waals surface area contributed by atoms with Crippen LogP contribution in [0.1, 0.15) is 113 Å². The minimum atomic E-state index is -0.855. The van der Waals surface area contributed by atoms with E-state index in [1.54, 1.807) is 12.5 Å². The molecule has 0 bridgehead atoms. The maximum atomic E-state index is 12.9. The van der Waals surface area contributed by atoms with E-state index >= 15 is 0 Å². The molecule has 0 spiro atoms. The summed E-state index contributed by atoms with van der Waals surface area (Å²) in [4.78, 5) is 36.5. The zero-order valence-corrected chi connectivity index (χ0v) is 24.3. The third-order valence-electron chi connectivity index (χ3n) is 12.0. The monoisotopic (exact) mass is 512 g/mol. The maximum absolute atomic E-state index is 12.9. The van der Waals surface area contributed by atoms with E-state index in [0.29, 0.717) is 35.5 Å². The Morgan fingerprint density at radius 1 is 1.05 bits per heavy atom. The lowest BCUT2D eigenvalue weighted by atomic mass is 9.43. The summed E-state index contributed by atoms with van der Waals surface area (Å²) in [5.41, 5.74) is 2.99. The third-order valence-corrected chi connectivity index (χ3v) is 12.0. The topological polar surface area (TPSA) is 80.7 Å². The zero-order chi connectivity index (χ0) is 27.6. The number of carboxylic acid groups (broad SMARTS) is 1. The quantitative estimate of drug-likeness (QED) is 0.229. The molecule has 0 aromatic carbocycles. The minimum Gasteiger partial charge on any atom is -0.478 e. The Morgan fingerprint density at radius 3 is 2.35 bits per heavy atom. The molecule has 5 heteroatoms. The predicted octanol–water partition coefficient (Wildman–Crippen LogP) is 7.29. The molecule has 0 aliphatic heterocycles. The summed E-state index contributed by atoms with van der Waals surface area (Å²) in [5.74, 6) is 0.490. The molecule has 0 amide bonds. The molecule has 4 rings (SSSR count). The van der Waals surface area contributed by atoms with Gasteiger partial charge < -0.3 is 9.84 Å². The molecule has 37 heavy (non-hydrogen) atoms. The molecular weight excluding hydrogens is 464 g/mol. The van der Waals surface area contributed by atoms with Gasteiger partial charge in [-0.1, -0.05) is 58.8 Å². The van der Waals surface area contributed by atoms with Crippen LogP contribution in [0, 0.1) is 39.4 Å². The van der Waals surface area contributed by atoms with Gasteiger partial charge in [-0.2, -0.15) is 0 Å². The fraction of sp³-hybridized carbons (Fsp3) is 0.781. The fourth-order valence-corrected chi connectivity index (χ4v) is 9.62. The van der Waals surface area contributed by atoms with Crippen LogP contribution in [-0.2, 0) is 19.1 Å². The molecule has 0 aromatic rings. The fourth-order valence-electron chi connectivity index (χ4n) is 9.62.